The minimum Gasteiger partial charge on any atom is -0.449 e. The Balaban J connectivity index is 0. The Kier molecular flexibility index (Phi) is 6.75. The zero-order chi connectivity index (χ0) is 9.12. The summed E-state index contributed by atoms with van der Waals surface area (Å²) < 4.78 is 5.97. The largest absolute Gasteiger partial charge is 0.449 e. The number of hydrogen-bond donors (Lipinski definition) is 0. The van der Waals surface area contributed by atoms with Crippen LogP contribution in [0.4, 0.5) is 0 Å². The Morgan fingerprint density at radius 1 is 0.917 bits per heavy atom. The van der Waals surface area contributed by atoms with Crippen molar-refractivity contribution in [3.8, 4) is 0 Å². The van der Waals surface area contributed by atoms with Gasteiger partial charge in [0.1, 0.15) is 0 Å². The van der Waals surface area contributed by atoms with Crippen LogP contribution < -0.4 is 0 Å². The zero-order valence-corrected chi connectivity index (χ0v) is 12.4. The van der Waals surface area contributed by atoms with E-state index in [0.717, 1.165) is 0 Å². The quantitative estimate of drug-likeness (QED) is 0.679. The molecule has 0 aliphatic heterocycles. The van der Waals surface area contributed by atoms with E-state index in [9.17, 15) is 0 Å². The van der Waals surface area contributed by atoms with E-state index in [1.807, 2.05) is 11.4 Å². The van der Waals surface area contributed by atoms with Crippen LogP contribution in [0, 0.1) is 0 Å². The molecule has 0 rings (SSSR count). The normalized spacial score (nSPS) is 11.7. The fourth-order valence-corrected chi connectivity index (χ4v) is 6.85. The number of hydrogen-bond acceptors (Lipinski definition) is 1. The van der Waals surface area contributed by atoms with Crippen molar-refractivity contribution in [3.05, 3.63) is 24.6 Å². The Morgan fingerprint density at radius 2 is 1.17 bits per heavy atom. The minimum atomic E-state index is -1.58. The van der Waals surface area contributed by atoms with Crippen molar-refractivity contribution in [2.75, 3.05) is 0 Å². The second-order valence-electron chi connectivity index (χ2n) is 3.72. The third-order valence-electron chi connectivity index (χ3n) is 1.51. The van der Waals surface area contributed by atoms with Gasteiger partial charge in [-0.3, -0.25) is 0 Å². The van der Waals surface area contributed by atoms with Crippen molar-refractivity contribution < 1.29 is 26.5 Å². The van der Waals surface area contributed by atoms with Gasteiger partial charge in [0.2, 0.25) is 0 Å². The van der Waals surface area contributed by atoms with Crippen LogP contribution in [-0.4, -0.2) is 16.6 Å². The Morgan fingerprint density at radius 3 is 1.33 bits per heavy atom. The molecule has 0 aromatic heterocycles. The van der Waals surface area contributed by atoms with Gasteiger partial charge in [-0.15, -0.1) is 13.2 Å². The van der Waals surface area contributed by atoms with E-state index in [2.05, 4.69) is 39.3 Å². The number of rotatable bonds is 4. The van der Waals surface area contributed by atoms with E-state index in [1.165, 1.54) is 0 Å². The van der Waals surface area contributed by atoms with Crippen LogP contribution in [0.2, 0.25) is 26.2 Å². The van der Waals surface area contributed by atoms with Gasteiger partial charge in [-0.1, -0.05) is 11.4 Å². The predicted molar refractivity (Wildman–Crippen MR) is 56.4 cm³/mol. The van der Waals surface area contributed by atoms with Crippen LogP contribution in [0.15, 0.2) is 24.6 Å². The molecule has 0 bridgehead atoms. The summed E-state index contributed by atoms with van der Waals surface area (Å²) in [4.78, 5) is 0. The van der Waals surface area contributed by atoms with Crippen LogP contribution in [0.1, 0.15) is 0 Å². The molecule has 0 N–H and O–H groups in total. The van der Waals surface area contributed by atoms with Gasteiger partial charge in [0, 0.05) is 22.4 Å². The predicted octanol–water partition coefficient (Wildman–Crippen LogP) is 2.86. The molecule has 12 heavy (non-hydrogen) atoms. The van der Waals surface area contributed by atoms with Crippen LogP contribution in [0.5, 0.6) is 0 Å². The molecular formula is C8H18AuOSi2. The van der Waals surface area contributed by atoms with E-state index in [4.69, 9.17) is 4.12 Å². The van der Waals surface area contributed by atoms with Gasteiger partial charge >= 0.3 is 0 Å². The van der Waals surface area contributed by atoms with E-state index in [-0.39, 0.29) is 22.4 Å². The molecule has 0 fully saturated rings. The monoisotopic (exact) mass is 383 g/mol. The maximum Gasteiger partial charge on any atom is 0.198 e. The summed E-state index contributed by atoms with van der Waals surface area (Å²) in [6.07, 6.45) is 0. The molecular weight excluding hydrogens is 365 g/mol. The van der Waals surface area contributed by atoms with Crippen LogP contribution >= 0.6 is 0 Å². The molecule has 0 saturated carbocycles. The average Bonchev–Trinajstić information content (AvgIpc) is 1.86. The fourth-order valence-electron chi connectivity index (χ4n) is 0.761. The first-order chi connectivity index (χ1) is 4.83. The molecule has 0 aromatic carbocycles. The summed E-state index contributed by atoms with van der Waals surface area (Å²) in [5.41, 5.74) is 3.93. The molecule has 1 nitrogen and oxygen atoms in total. The van der Waals surface area contributed by atoms with Crippen LogP contribution in [0.25, 0.3) is 0 Å². The summed E-state index contributed by atoms with van der Waals surface area (Å²) >= 11 is 0. The Bertz CT molecular complexity index is 148. The first-order valence-corrected chi connectivity index (χ1v) is 9.77. The summed E-state index contributed by atoms with van der Waals surface area (Å²) in [5, 5.41) is 0. The van der Waals surface area contributed by atoms with E-state index in [1.54, 1.807) is 0 Å². The first kappa shape index (κ1) is 15.1. The molecule has 0 saturated heterocycles. The molecule has 75 valence electrons. The van der Waals surface area contributed by atoms with E-state index < -0.39 is 16.6 Å². The van der Waals surface area contributed by atoms with Crippen molar-refractivity contribution in [2.24, 2.45) is 0 Å². The molecule has 0 atom stereocenters. The van der Waals surface area contributed by atoms with Crippen molar-refractivity contribution in [3.63, 3.8) is 0 Å². The summed E-state index contributed by atoms with van der Waals surface area (Å²) in [6, 6.07) is 0. The van der Waals surface area contributed by atoms with Gasteiger partial charge in [-0.2, -0.15) is 0 Å². The van der Waals surface area contributed by atoms with Gasteiger partial charge in [0.05, 0.1) is 0 Å². The van der Waals surface area contributed by atoms with Gasteiger partial charge in [-0.05, 0) is 26.2 Å². The molecule has 0 spiro atoms. The van der Waals surface area contributed by atoms with Gasteiger partial charge < -0.3 is 4.12 Å². The molecule has 4 heteroatoms. The SMILES string of the molecule is C=C[Si](C)(C)O[Si](C)(C)C=C.[Au]. The topological polar surface area (TPSA) is 9.23 Å². The fraction of sp³-hybridized carbons (Fsp3) is 0.500. The third kappa shape index (κ3) is 6.17. The molecule has 0 unspecified atom stereocenters. The summed E-state index contributed by atoms with van der Waals surface area (Å²) in [7, 11) is -3.16. The third-order valence-corrected chi connectivity index (χ3v) is 7.68. The minimum absolute atomic E-state index is 0. The molecule has 0 heterocycles. The average molecular weight is 383 g/mol. The van der Waals surface area contributed by atoms with Crippen molar-refractivity contribution >= 4 is 16.6 Å². The van der Waals surface area contributed by atoms with Gasteiger partial charge in [0.15, 0.2) is 16.6 Å². The maximum atomic E-state index is 5.97. The second-order valence-corrected chi connectivity index (χ2v) is 11.8. The molecule has 1 radical (unpaired) electrons. The zero-order valence-electron chi connectivity index (χ0n) is 8.28. The molecule has 0 aromatic rings. The maximum absolute atomic E-state index is 5.97. The standard InChI is InChI=1S/C8H18OSi2.Au/c1-7-10(3,4)9-11(5,6)8-2;/h7-8H,1-2H2,3-6H3;. The first-order valence-electron chi connectivity index (χ1n) is 3.80. The van der Waals surface area contributed by atoms with E-state index >= 15 is 0 Å². The summed E-state index contributed by atoms with van der Waals surface area (Å²) in [5.74, 6) is 0. The molecule has 0 amide bonds. The van der Waals surface area contributed by atoms with Crippen molar-refractivity contribution in [1.29, 1.82) is 0 Å². The van der Waals surface area contributed by atoms with Crippen LogP contribution in [-0.2, 0) is 26.5 Å². The summed E-state index contributed by atoms with van der Waals surface area (Å²) in [6.45, 7) is 16.2. The van der Waals surface area contributed by atoms with Crippen molar-refractivity contribution in [1.82, 2.24) is 0 Å². The second kappa shape index (κ2) is 5.37. The Labute approximate surface area is 93.7 Å². The van der Waals surface area contributed by atoms with Crippen molar-refractivity contribution in [2.45, 2.75) is 26.2 Å². The van der Waals surface area contributed by atoms with Gasteiger partial charge in [0.25, 0.3) is 0 Å². The molecule has 0 aliphatic carbocycles. The smallest absolute Gasteiger partial charge is 0.198 e. The van der Waals surface area contributed by atoms with Crippen LogP contribution in [0.3, 0.4) is 0 Å². The molecule has 0 aliphatic rings. The Hall–Kier alpha value is 0.614. The van der Waals surface area contributed by atoms with E-state index in [0.29, 0.717) is 0 Å². The van der Waals surface area contributed by atoms with Gasteiger partial charge in [-0.25, -0.2) is 0 Å².